The highest BCUT2D eigenvalue weighted by molar-refractivity contribution is 7.92. The monoisotopic (exact) mass is 308 g/mol. The smallest absolute Gasteiger partial charge is 0.265 e. The molecule has 0 fully saturated rings. The van der Waals surface area contributed by atoms with Gasteiger partial charge in [0.1, 0.15) is 16.4 Å². The fourth-order valence-electron chi connectivity index (χ4n) is 1.83. The molecule has 6 nitrogen and oxygen atoms in total. The van der Waals surface area contributed by atoms with Gasteiger partial charge in [-0.3, -0.25) is 4.72 Å². The maximum absolute atomic E-state index is 12.5. The van der Waals surface area contributed by atoms with Crippen LogP contribution in [0.1, 0.15) is 0 Å². The van der Waals surface area contributed by atoms with Crippen LogP contribution in [0.5, 0.6) is 11.5 Å². The molecule has 0 amide bonds. The molecule has 0 radical (unpaired) electrons. The van der Waals surface area contributed by atoms with Gasteiger partial charge in [-0.05, 0) is 24.3 Å². The summed E-state index contributed by atoms with van der Waals surface area (Å²) in [6.45, 7) is 0. The Morgan fingerprint density at radius 2 is 1.67 bits per heavy atom. The minimum absolute atomic E-state index is 0.00473. The number of nitrogens with two attached hydrogens (primary N) is 1. The second kappa shape index (κ2) is 5.92. The van der Waals surface area contributed by atoms with Crippen molar-refractivity contribution in [2.24, 2.45) is 0 Å². The number of methoxy groups -OCH3 is 2. The Labute approximate surface area is 123 Å². The van der Waals surface area contributed by atoms with Crippen molar-refractivity contribution in [2.45, 2.75) is 4.90 Å². The third-order valence-corrected chi connectivity index (χ3v) is 4.23. The van der Waals surface area contributed by atoms with Crippen molar-refractivity contribution in [3.8, 4) is 11.5 Å². The topological polar surface area (TPSA) is 90.7 Å². The molecule has 112 valence electrons. The molecule has 0 spiro atoms. The minimum atomic E-state index is -3.82. The molecule has 0 aliphatic rings. The van der Waals surface area contributed by atoms with Gasteiger partial charge in [0.05, 0.1) is 19.9 Å². The molecule has 21 heavy (non-hydrogen) atoms. The van der Waals surface area contributed by atoms with Gasteiger partial charge in [-0.25, -0.2) is 8.42 Å². The number of nitrogen functional groups attached to an aromatic ring is 1. The Morgan fingerprint density at radius 3 is 2.33 bits per heavy atom. The number of para-hydroxylation sites is 2. The Hall–Kier alpha value is -2.41. The van der Waals surface area contributed by atoms with Crippen LogP contribution in [0.15, 0.2) is 47.4 Å². The Balaban J connectivity index is 2.43. The SMILES string of the molecule is COc1ccccc1NS(=O)(=O)c1ccc(N)cc1OC. The van der Waals surface area contributed by atoms with E-state index in [1.165, 1.54) is 32.4 Å². The zero-order chi connectivity index (χ0) is 15.5. The summed E-state index contributed by atoms with van der Waals surface area (Å²) in [6.07, 6.45) is 0. The molecule has 7 heteroatoms. The van der Waals surface area contributed by atoms with Gasteiger partial charge in [0.2, 0.25) is 0 Å². The van der Waals surface area contributed by atoms with E-state index in [9.17, 15) is 8.42 Å². The molecule has 2 aromatic rings. The van der Waals surface area contributed by atoms with Crippen molar-refractivity contribution >= 4 is 21.4 Å². The van der Waals surface area contributed by atoms with Crippen LogP contribution in [0.4, 0.5) is 11.4 Å². The van der Waals surface area contributed by atoms with Gasteiger partial charge in [0, 0.05) is 11.8 Å². The lowest BCUT2D eigenvalue weighted by Gasteiger charge is -2.14. The lowest BCUT2D eigenvalue weighted by Crippen LogP contribution is -2.14. The standard InChI is InChI=1S/C14H16N2O4S/c1-19-12-6-4-3-5-11(12)16-21(17,18)14-8-7-10(15)9-13(14)20-2/h3-9,16H,15H2,1-2H3. The van der Waals surface area contributed by atoms with E-state index in [0.717, 1.165) is 0 Å². The first-order chi connectivity index (χ1) is 9.97. The van der Waals surface area contributed by atoms with Crippen LogP contribution in [0.2, 0.25) is 0 Å². The van der Waals surface area contributed by atoms with Gasteiger partial charge in [0.25, 0.3) is 10.0 Å². The zero-order valence-corrected chi connectivity index (χ0v) is 12.5. The molecule has 0 heterocycles. The number of sulfonamides is 1. The second-order valence-corrected chi connectivity index (χ2v) is 5.87. The molecule has 0 unspecified atom stereocenters. The van der Waals surface area contributed by atoms with Crippen molar-refractivity contribution in [3.63, 3.8) is 0 Å². The average molecular weight is 308 g/mol. The fourth-order valence-corrected chi connectivity index (χ4v) is 3.06. The van der Waals surface area contributed by atoms with E-state index < -0.39 is 10.0 Å². The van der Waals surface area contributed by atoms with Crippen molar-refractivity contribution in [3.05, 3.63) is 42.5 Å². The van der Waals surface area contributed by atoms with Gasteiger partial charge in [-0.2, -0.15) is 0 Å². The van der Waals surface area contributed by atoms with Crippen molar-refractivity contribution in [1.82, 2.24) is 0 Å². The lowest BCUT2D eigenvalue weighted by molar-refractivity contribution is 0.403. The van der Waals surface area contributed by atoms with Crippen molar-refractivity contribution in [1.29, 1.82) is 0 Å². The molecular weight excluding hydrogens is 292 g/mol. The van der Waals surface area contributed by atoms with E-state index in [1.807, 2.05) is 0 Å². The van der Waals surface area contributed by atoms with E-state index in [4.69, 9.17) is 15.2 Å². The van der Waals surface area contributed by atoms with Crippen molar-refractivity contribution in [2.75, 3.05) is 24.7 Å². The quantitative estimate of drug-likeness (QED) is 0.825. The number of hydrogen-bond donors (Lipinski definition) is 2. The van der Waals surface area contributed by atoms with Gasteiger partial charge in [-0.1, -0.05) is 12.1 Å². The summed E-state index contributed by atoms with van der Waals surface area (Å²) >= 11 is 0. The number of ether oxygens (including phenoxy) is 2. The summed E-state index contributed by atoms with van der Waals surface area (Å²) in [6, 6.07) is 11.1. The number of anilines is 2. The minimum Gasteiger partial charge on any atom is -0.495 e. The summed E-state index contributed by atoms with van der Waals surface area (Å²) in [7, 11) is -0.961. The van der Waals surface area contributed by atoms with Crippen LogP contribution in [-0.2, 0) is 10.0 Å². The van der Waals surface area contributed by atoms with E-state index in [0.29, 0.717) is 17.1 Å². The maximum Gasteiger partial charge on any atom is 0.265 e. The van der Waals surface area contributed by atoms with Crippen LogP contribution in [-0.4, -0.2) is 22.6 Å². The van der Waals surface area contributed by atoms with E-state index >= 15 is 0 Å². The van der Waals surface area contributed by atoms with Gasteiger partial charge >= 0.3 is 0 Å². The molecule has 0 saturated heterocycles. The Bertz CT molecular complexity index is 744. The van der Waals surface area contributed by atoms with Crippen molar-refractivity contribution < 1.29 is 17.9 Å². The first kappa shape index (κ1) is 15.0. The van der Waals surface area contributed by atoms with Crippen LogP contribution in [0.3, 0.4) is 0 Å². The molecule has 0 atom stereocenters. The van der Waals surface area contributed by atoms with Gasteiger partial charge < -0.3 is 15.2 Å². The molecule has 3 N–H and O–H groups in total. The average Bonchev–Trinajstić information content (AvgIpc) is 2.47. The van der Waals surface area contributed by atoms with Gasteiger partial charge in [0.15, 0.2) is 0 Å². The normalized spacial score (nSPS) is 11.0. The lowest BCUT2D eigenvalue weighted by atomic mass is 10.3. The van der Waals surface area contributed by atoms with E-state index in [1.54, 1.807) is 24.3 Å². The summed E-state index contributed by atoms with van der Waals surface area (Å²) in [5.74, 6) is 0.605. The summed E-state index contributed by atoms with van der Waals surface area (Å²) in [5.41, 5.74) is 6.40. The third-order valence-electron chi connectivity index (χ3n) is 2.83. The molecule has 0 saturated carbocycles. The summed E-state index contributed by atoms with van der Waals surface area (Å²) < 4.78 is 37.6. The molecule has 0 aliphatic heterocycles. The highest BCUT2D eigenvalue weighted by atomic mass is 32.2. The largest absolute Gasteiger partial charge is 0.495 e. The second-order valence-electron chi connectivity index (χ2n) is 4.22. The summed E-state index contributed by atoms with van der Waals surface area (Å²) in [5, 5.41) is 0. The number of nitrogens with one attached hydrogen (secondary N) is 1. The first-order valence-corrected chi connectivity index (χ1v) is 7.55. The van der Waals surface area contributed by atoms with E-state index in [-0.39, 0.29) is 10.6 Å². The molecule has 0 aromatic heterocycles. The molecule has 2 rings (SSSR count). The number of benzene rings is 2. The number of hydrogen-bond acceptors (Lipinski definition) is 5. The molecule has 0 aliphatic carbocycles. The predicted molar refractivity (Wildman–Crippen MR) is 81.2 cm³/mol. The maximum atomic E-state index is 12.5. The molecule has 0 bridgehead atoms. The number of rotatable bonds is 5. The fraction of sp³-hybridized carbons (Fsp3) is 0.143. The Morgan fingerprint density at radius 1 is 1.00 bits per heavy atom. The van der Waals surface area contributed by atoms with Crippen LogP contribution in [0.25, 0.3) is 0 Å². The van der Waals surface area contributed by atoms with E-state index in [2.05, 4.69) is 4.72 Å². The third kappa shape index (κ3) is 3.19. The predicted octanol–water partition coefficient (Wildman–Crippen LogP) is 2.09. The van der Waals surface area contributed by atoms with Crippen LogP contribution >= 0.6 is 0 Å². The van der Waals surface area contributed by atoms with Crippen LogP contribution < -0.4 is 19.9 Å². The first-order valence-electron chi connectivity index (χ1n) is 6.07. The highest BCUT2D eigenvalue weighted by Crippen LogP contribution is 2.30. The molecule has 2 aromatic carbocycles. The highest BCUT2D eigenvalue weighted by Gasteiger charge is 2.21. The van der Waals surface area contributed by atoms with Crippen LogP contribution in [0, 0.1) is 0 Å². The summed E-state index contributed by atoms with van der Waals surface area (Å²) in [4.78, 5) is 0.00473. The zero-order valence-electron chi connectivity index (χ0n) is 11.7. The Kier molecular flexibility index (Phi) is 4.23. The van der Waals surface area contributed by atoms with Gasteiger partial charge in [-0.15, -0.1) is 0 Å². The molecular formula is C14H16N2O4S.